The molecule has 0 radical (unpaired) electrons. The fourth-order valence-corrected chi connectivity index (χ4v) is 4.77. The number of hydrogen-bond donors (Lipinski definition) is 6. The molecule has 13 nitrogen and oxygen atoms in total. The highest BCUT2D eigenvalue weighted by molar-refractivity contribution is 5.95. The zero-order valence-electron chi connectivity index (χ0n) is 24.9. The van der Waals surface area contributed by atoms with Gasteiger partial charge in [0, 0.05) is 19.9 Å². The lowest BCUT2D eigenvalue weighted by Crippen LogP contribution is -2.63. The number of aliphatic carboxylic acids is 1. The largest absolute Gasteiger partial charge is 0.481 e. The molecule has 13 heteroatoms. The van der Waals surface area contributed by atoms with E-state index in [1.807, 2.05) is 44.2 Å². The number of fused-ring (bicyclic) bond motifs is 2. The lowest BCUT2D eigenvalue weighted by molar-refractivity contribution is -0.136. The molecule has 0 unspecified atom stereocenters. The van der Waals surface area contributed by atoms with Gasteiger partial charge in [0.05, 0.1) is 5.54 Å². The lowest BCUT2D eigenvalue weighted by atomic mass is 9.77. The number of carbonyl (C=O) groups excluding carboxylic acids is 4. The Morgan fingerprint density at radius 1 is 1.09 bits per heavy atom. The van der Waals surface area contributed by atoms with Gasteiger partial charge in [0.25, 0.3) is 11.9 Å². The molecule has 3 atom stereocenters. The van der Waals surface area contributed by atoms with Crippen LogP contribution in [0.1, 0.15) is 87.3 Å². The van der Waals surface area contributed by atoms with Crippen LogP contribution in [-0.4, -0.2) is 63.9 Å². The maximum Gasteiger partial charge on any atom is 0.300 e. The standard InChI is InChI=1S/C28H38N6O5.C2H4O2/c1-17(2)22-25(37)31-20(15-18-9-4-3-5-10-18)26-32-21(16-39-26)23(35)30-14-7-6-11-19(24(36)34-22)33-27(38)28(29)12-8-13-28;1-2(3)4/h3-5,9-10,16-17,19-20,22H,6-8,11-15,29H2,1-2H3,(H,30,35)(H,31,37)(H,33,38)(H,34,36);1H3,(H,3,4)/t19-,20+,22-;/m0./s1. The Morgan fingerprint density at radius 2 is 1.77 bits per heavy atom. The molecule has 1 fully saturated rings. The van der Waals surface area contributed by atoms with Gasteiger partial charge in [0.2, 0.25) is 23.6 Å². The highest BCUT2D eigenvalue weighted by Crippen LogP contribution is 2.29. The fourth-order valence-electron chi connectivity index (χ4n) is 4.77. The number of benzene rings is 1. The van der Waals surface area contributed by atoms with Crippen molar-refractivity contribution in [3.05, 3.63) is 53.7 Å². The highest BCUT2D eigenvalue weighted by atomic mass is 16.4. The smallest absolute Gasteiger partial charge is 0.300 e. The molecule has 4 amide bonds. The zero-order chi connectivity index (χ0) is 31.6. The lowest BCUT2D eigenvalue weighted by Gasteiger charge is -2.37. The number of carboxylic acids is 1. The Morgan fingerprint density at radius 3 is 2.37 bits per heavy atom. The van der Waals surface area contributed by atoms with E-state index in [-0.39, 0.29) is 29.3 Å². The molecule has 1 aromatic heterocycles. The van der Waals surface area contributed by atoms with Gasteiger partial charge in [-0.25, -0.2) is 4.98 Å². The molecule has 43 heavy (non-hydrogen) atoms. The molecule has 1 saturated carbocycles. The summed E-state index contributed by atoms with van der Waals surface area (Å²) in [5.41, 5.74) is 6.28. The number of nitrogens with two attached hydrogens (primary N) is 1. The van der Waals surface area contributed by atoms with Crippen molar-refractivity contribution in [2.45, 2.75) is 89.4 Å². The molecule has 4 rings (SSSR count). The van der Waals surface area contributed by atoms with E-state index >= 15 is 0 Å². The number of amides is 4. The van der Waals surface area contributed by atoms with E-state index in [9.17, 15) is 19.2 Å². The Balaban J connectivity index is 0.00000119. The van der Waals surface area contributed by atoms with Crippen molar-refractivity contribution < 1.29 is 33.5 Å². The predicted molar refractivity (Wildman–Crippen MR) is 156 cm³/mol. The van der Waals surface area contributed by atoms with Gasteiger partial charge in [-0.05, 0) is 50.0 Å². The van der Waals surface area contributed by atoms with Crippen molar-refractivity contribution in [2.24, 2.45) is 11.7 Å². The summed E-state index contributed by atoms with van der Waals surface area (Å²) < 4.78 is 5.64. The molecule has 0 saturated heterocycles. The number of nitrogens with zero attached hydrogens (tertiary/aromatic N) is 1. The summed E-state index contributed by atoms with van der Waals surface area (Å²) in [6, 6.07) is 7.10. The quantitative estimate of drug-likeness (QED) is 0.295. The van der Waals surface area contributed by atoms with E-state index in [0.29, 0.717) is 45.1 Å². The maximum atomic E-state index is 13.5. The van der Waals surface area contributed by atoms with Crippen LogP contribution in [0.5, 0.6) is 0 Å². The molecule has 1 aliphatic carbocycles. The van der Waals surface area contributed by atoms with Gasteiger partial charge in [-0.15, -0.1) is 0 Å². The third-order valence-electron chi connectivity index (χ3n) is 7.42. The monoisotopic (exact) mass is 598 g/mol. The third kappa shape index (κ3) is 9.63. The molecular formula is C30H42N6O7. The van der Waals surface area contributed by atoms with Crippen LogP contribution in [0.4, 0.5) is 0 Å². The first-order chi connectivity index (χ1) is 20.4. The number of oxazole rings is 1. The average Bonchev–Trinajstić information content (AvgIpc) is 3.43. The average molecular weight is 599 g/mol. The first-order valence-corrected chi connectivity index (χ1v) is 14.6. The van der Waals surface area contributed by atoms with E-state index in [0.717, 1.165) is 18.9 Å². The predicted octanol–water partition coefficient (Wildman–Crippen LogP) is 1.59. The summed E-state index contributed by atoms with van der Waals surface area (Å²) in [6.45, 7) is 5.11. The summed E-state index contributed by atoms with van der Waals surface area (Å²) >= 11 is 0. The van der Waals surface area contributed by atoms with Crippen LogP contribution >= 0.6 is 0 Å². The van der Waals surface area contributed by atoms with Gasteiger partial charge in [0.1, 0.15) is 24.4 Å². The van der Waals surface area contributed by atoms with Crippen molar-refractivity contribution in [3.63, 3.8) is 0 Å². The van der Waals surface area contributed by atoms with E-state index in [2.05, 4.69) is 26.3 Å². The summed E-state index contributed by atoms with van der Waals surface area (Å²) in [5, 5.41) is 18.9. The number of nitrogens with one attached hydrogen (secondary N) is 4. The van der Waals surface area contributed by atoms with Gasteiger partial charge < -0.3 is 36.5 Å². The number of carbonyl (C=O) groups is 5. The molecule has 1 aromatic carbocycles. The van der Waals surface area contributed by atoms with Crippen LogP contribution in [0.3, 0.4) is 0 Å². The number of aromatic nitrogens is 1. The number of rotatable bonds is 5. The summed E-state index contributed by atoms with van der Waals surface area (Å²) in [7, 11) is 0. The Hall–Kier alpha value is -4.26. The normalized spacial score (nSPS) is 22.5. The highest BCUT2D eigenvalue weighted by Gasteiger charge is 2.42. The fraction of sp³-hybridized carbons (Fsp3) is 0.533. The van der Waals surface area contributed by atoms with Gasteiger partial charge >= 0.3 is 0 Å². The van der Waals surface area contributed by atoms with Crippen LogP contribution in [0, 0.1) is 5.92 Å². The minimum absolute atomic E-state index is 0.122. The van der Waals surface area contributed by atoms with Crippen LogP contribution < -0.4 is 27.0 Å². The molecule has 2 heterocycles. The van der Waals surface area contributed by atoms with E-state index in [4.69, 9.17) is 20.1 Å². The van der Waals surface area contributed by atoms with E-state index in [1.54, 1.807) is 0 Å². The van der Waals surface area contributed by atoms with E-state index < -0.39 is 41.4 Å². The summed E-state index contributed by atoms with van der Waals surface area (Å²) in [5.74, 6) is -2.51. The molecule has 1 aliphatic heterocycles. The Kier molecular flexibility index (Phi) is 11.8. The first-order valence-electron chi connectivity index (χ1n) is 14.6. The number of carboxylic acid groups (broad SMARTS) is 1. The first kappa shape index (κ1) is 33.2. The van der Waals surface area contributed by atoms with Crippen molar-refractivity contribution >= 4 is 29.6 Å². The summed E-state index contributed by atoms with van der Waals surface area (Å²) in [6.07, 6.45) is 5.12. The Bertz CT molecular complexity index is 1270. The van der Waals surface area contributed by atoms with Crippen molar-refractivity contribution in [1.82, 2.24) is 26.3 Å². The topological polar surface area (TPSA) is 206 Å². The molecular weight excluding hydrogens is 556 g/mol. The van der Waals surface area contributed by atoms with Crippen molar-refractivity contribution in [2.75, 3.05) is 6.54 Å². The van der Waals surface area contributed by atoms with Gasteiger partial charge in [0.15, 0.2) is 5.69 Å². The van der Waals surface area contributed by atoms with E-state index in [1.165, 1.54) is 6.26 Å². The van der Waals surface area contributed by atoms with Crippen molar-refractivity contribution in [1.29, 1.82) is 0 Å². The van der Waals surface area contributed by atoms with Gasteiger partial charge in [-0.2, -0.15) is 0 Å². The molecule has 2 bridgehead atoms. The van der Waals surface area contributed by atoms with Crippen molar-refractivity contribution in [3.8, 4) is 0 Å². The molecule has 234 valence electrons. The van der Waals surface area contributed by atoms with Crippen LogP contribution in [0.15, 0.2) is 41.0 Å². The zero-order valence-corrected chi connectivity index (χ0v) is 24.9. The molecule has 0 spiro atoms. The minimum atomic E-state index is -0.962. The molecule has 7 N–H and O–H groups in total. The van der Waals surface area contributed by atoms with Crippen LogP contribution in [0.2, 0.25) is 0 Å². The number of hydrogen-bond acceptors (Lipinski definition) is 8. The van der Waals surface area contributed by atoms with Gasteiger partial charge in [-0.3, -0.25) is 24.0 Å². The maximum absolute atomic E-state index is 13.5. The molecule has 2 aromatic rings. The van der Waals surface area contributed by atoms with Gasteiger partial charge in [-0.1, -0.05) is 44.2 Å². The molecule has 2 aliphatic rings. The van der Waals surface area contributed by atoms with Crippen LogP contribution in [-0.2, 0) is 25.6 Å². The SMILES string of the molecule is CC(=O)O.CC(C)[C@@H]1NC(=O)[C@@H](NC(=O)C2(N)CCC2)CCCCNC(=O)c2coc(n2)[C@@H](Cc2ccccc2)NC1=O. The third-order valence-corrected chi connectivity index (χ3v) is 7.42. The second-order valence-electron chi connectivity index (χ2n) is 11.4. The second kappa shape index (κ2) is 15.3. The summed E-state index contributed by atoms with van der Waals surface area (Å²) in [4.78, 5) is 65.8. The minimum Gasteiger partial charge on any atom is -0.481 e. The van der Waals surface area contributed by atoms with Crippen LogP contribution in [0.25, 0.3) is 0 Å². The Labute approximate surface area is 250 Å². The second-order valence-corrected chi connectivity index (χ2v) is 11.4.